The zero-order chi connectivity index (χ0) is 14.4. The number of fused-ring (bicyclic) bond motifs is 3. The first-order chi connectivity index (χ1) is 9.62. The zero-order valence-electron chi connectivity index (χ0n) is 13.2. The largest absolute Gasteiger partial charge is 0.504 e. The smallest absolute Gasteiger partial charge is 0.374 e. The van der Waals surface area contributed by atoms with E-state index < -0.39 is 8.80 Å². The van der Waals surface area contributed by atoms with Crippen LogP contribution in [0.1, 0.15) is 47.0 Å². The van der Waals surface area contributed by atoms with Crippen LogP contribution in [0.2, 0.25) is 5.54 Å². The fraction of sp³-hybridized carbons (Fsp3) is 1.00. The fourth-order valence-electron chi connectivity index (χ4n) is 4.79. The van der Waals surface area contributed by atoms with E-state index in [1.165, 1.54) is 19.3 Å². The Labute approximate surface area is 123 Å². The van der Waals surface area contributed by atoms with Crippen molar-refractivity contribution in [2.75, 3.05) is 19.8 Å². The molecule has 2 aliphatic carbocycles. The molecule has 1 saturated heterocycles. The molecular weight excluding hydrogens is 272 g/mol. The van der Waals surface area contributed by atoms with Gasteiger partial charge >= 0.3 is 8.80 Å². The SMILES string of the molecule is CCO[Si](OCC)(OCC)C1CC2CC1C1(C2)OC1C. The molecule has 5 unspecified atom stereocenters. The van der Waals surface area contributed by atoms with Gasteiger partial charge in [0.15, 0.2) is 0 Å². The van der Waals surface area contributed by atoms with Gasteiger partial charge < -0.3 is 18.0 Å². The second-order valence-corrected chi connectivity index (χ2v) is 9.19. The summed E-state index contributed by atoms with van der Waals surface area (Å²) < 4.78 is 24.4. The van der Waals surface area contributed by atoms with Gasteiger partial charge in [-0.05, 0) is 58.8 Å². The van der Waals surface area contributed by atoms with Crippen LogP contribution in [0.15, 0.2) is 0 Å². The summed E-state index contributed by atoms with van der Waals surface area (Å²) in [6, 6.07) is 0. The Morgan fingerprint density at radius 1 is 1.05 bits per heavy atom. The predicted molar refractivity (Wildman–Crippen MR) is 78.5 cm³/mol. The fourth-order valence-corrected chi connectivity index (χ4v) is 8.42. The molecule has 3 rings (SSSR count). The molecule has 0 aromatic rings. The van der Waals surface area contributed by atoms with Gasteiger partial charge in [0.25, 0.3) is 0 Å². The predicted octanol–water partition coefficient (Wildman–Crippen LogP) is 2.99. The first kappa shape index (κ1) is 15.0. The summed E-state index contributed by atoms with van der Waals surface area (Å²) in [5.74, 6) is 1.36. The molecule has 3 aliphatic rings. The molecule has 0 amide bonds. The molecule has 0 radical (unpaired) electrons. The van der Waals surface area contributed by atoms with E-state index in [1.54, 1.807) is 0 Å². The number of hydrogen-bond donors (Lipinski definition) is 0. The van der Waals surface area contributed by atoms with Gasteiger partial charge in [0.05, 0.1) is 11.7 Å². The van der Waals surface area contributed by atoms with Crippen molar-refractivity contribution in [1.82, 2.24) is 0 Å². The molecule has 1 heterocycles. The standard InChI is InChI=1S/C15H28O4Si/c1-5-16-20(17-6-2,18-7-3)14-9-12-8-13(14)15(10-12)11(4)19-15/h11-14H,5-10H2,1-4H3. The van der Waals surface area contributed by atoms with E-state index in [2.05, 4.69) is 6.92 Å². The summed E-state index contributed by atoms with van der Waals surface area (Å²) in [4.78, 5) is 0. The highest BCUT2D eigenvalue weighted by Gasteiger charge is 2.73. The van der Waals surface area contributed by atoms with Crippen LogP contribution >= 0.6 is 0 Å². The van der Waals surface area contributed by atoms with Gasteiger partial charge in [0, 0.05) is 25.4 Å². The third kappa shape index (κ3) is 2.10. The van der Waals surface area contributed by atoms with Crippen LogP contribution in [-0.4, -0.2) is 40.3 Å². The topological polar surface area (TPSA) is 40.2 Å². The van der Waals surface area contributed by atoms with Crippen molar-refractivity contribution in [3.05, 3.63) is 0 Å². The number of epoxide rings is 1. The van der Waals surface area contributed by atoms with Gasteiger partial charge in [-0.25, -0.2) is 0 Å². The van der Waals surface area contributed by atoms with Crippen LogP contribution < -0.4 is 0 Å². The molecule has 0 aromatic carbocycles. The van der Waals surface area contributed by atoms with E-state index in [1.807, 2.05) is 20.8 Å². The van der Waals surface area contributed by atoms with Crippen LogP contribution in [0.3, 0.4) is 0 Å². The quantitative estimate of drug-likeness (QED) is 0.535. The molecule has 116 valence electrons. The summed E-state index contributed by atoms with van der Waals surface area (Å²) in [7, 11) is -2.57. The lowest BCUT2D eigenvalue weighted by molar-refractivity contribution is 0.0460. The van der Waals surface area contributed by atoms with Crippen molar-refractivity contribution in [2.45, 2.75) is 64.2 Å². The summed E-state index contributed by atoms with van der Waals surface area (Å²) >= 11 is 0. The Balaban J connectivity index is 1.84. The van der Waals surface area contributed by atoms with Crippen molar-refractivity contribution in [1.29, 1.82) is 0 Å². The van der Waals surface area contributed by atoms with Gasteiger partial charge in [-0.1, -0.05) is 0 Å². The molecule has 1 spiro atoms. The van der Waals surface area contributed by atoms with E-state index in [0.717, 1.165) is 5.92 Å². The van der Waals surface area contributed by atoms with E-state index >= 15 is 0 Å². The van der Waals surface area contributed by atoms with Crippen LogP contribution in [0.5, 0.6) is 0 Å². The third-order valence-corrected chi connectivity index (χ3v) is 9.03. The molecule has 0 aromatic heterocycles. The molecule has 0 N–H and O–H groups in total. The maximum Gasteiger partial charge on any atom is 0.504 e. The van der Waals surface area contributed by atoms with Crippen LogP contribution in [-0.2, 0) is 18.0 Å². The minimum absolute atomic E-state index is 0.136. The number of hydrogen-bond acceptors (Lipinski definition) is 4. The Kier molecular flexibility index (Phi) is 4.01. The third-order valence-electron chi connectivity index (χ3n) is 5.41. The maximum atomic E-state index is 6.14. The summed E-state index contributed by atoms with van der Waals surface area (Å²) in [5.41, 5.74) is 0.572. The Morgan fingerprint density at radius 3 is 2.00 bits per heavy atom. The summed E-state index contributed by atoms with van der Waals surface area (Å²) in [5, 5.41) is 0. The minimum Gasteiger partial charge on any atom is -0.374 e. The van der Waals surface area contributed by atoms with Gasteiger partial charge in [0.2, 0.25) is 0 Å². The molecule has 1 aliphatic heterocycles. The molecule has 5 heteroatoms. The van der Waals surface area contributed by atoms with Gasteiger partial charge in [-0.15, -0.1) is 0 Å². The molecule has 5 atom stereocenters. The average molecular weight is 300 g/mol. The lowest BCUT2D eigenvalue weighted by atomic mass is 9.86. The second-order valence-electron chi connectivity index (χ2n) is 6.37. The first-order valence-electron chi connectivity index (χ1n) is 8.21. The summed E-state index contributed by atoms with van der Waals surface area (Å²) in [6.07, 6.45) is 4.13. The van der Waals surface area contributed by atoms with Crippen molar-refractivity contribution in [2.24, 2.45) is 11.8 Å². The monoisotopic (exact) mass is 300 g/mol. The van der Waals surface area contributed by atoms with E-state index in [0.29, 0.717) is 37.4 Å². The molecule has 3 fully saturated rings. The number of rotatable bonds is 7. The molecule has 2 saturated carbocycles. The van der Waals surface area contributed by atoms with Crippen LogP contribution in [0.25, 0.3) is 0 Å². The lowest BCUT2D eigenvalue weighted by Gasteiger charge is -2.39. The first-order valence-corrected chi connectivity index (χ1v) is 10.0. The maximum absolute atomic E-state index is 6.14. The second kappa shape index (κ2) is 5.36. The summed E-state index contributed by atoms with van der Waals surface area (Å²) in [6.45, 7) is 10.3. The van der Waals surface area contributed by atoms with E-state index in [4.69, 9.17) is 18.0 Å². The lowest BCUT2D eigenvalue weighted by Crippen LogP contribution is -2.54. The molecule has 4 nitrogen and oxygen atoms in total. The zero-order valence-corrected chi connectivity index (χ0v) is 14.2. The molecule has 2 bridgehead atoms. The van der Waals surface area contributed by atoms with Crippen LogP contribution in [0.4, 0.5) is 0 Å². The van der Waals surface area contributed by atoms with E-state index in [-0.39, 0.29) is 5.60 Å². The van der Waals surface area contributed by atoms with Crippen molar-refractivity contribution >= 4 is 8.80 Å². The van der Waals surface area contributed by atoms with Crippen molar-refractivity contribution in [3.63, 3.8) is 0 Å². The van der Waals surface area contributed by atoms with Gasteiger partial charge in [-0.2, -0.15) is 0 Å². The van der Waals surface area contributed by atoms with Crippen LogP contribution in [0, 0.1) is 11.8 Å². The molecular formula is C15H28O4Si. The molecule has 20 heavy (non-hydrogen) atoms. The average Bonchev–Trinajstić information content (AvgIpc) is 2.79. The minimum atomic E-state index is -2.57. The van der Waals surface area contributed by atoms with Gasteiger partial charge in [0.1, 0.15) is 0 Å². The van der Waals surface area contributed by atoms with E-state index in [9.17, 15) is 0 Å². The van der Waals surface area contributed by atoms with Crippen molar-refractivity contribution < 1.29 is 18.0 Å². The number of ether oxygens (including phenoxy) is 1. The highest BCUT2D eigenvalue weighted by Crippen LogP contribution is 2.68. The Bertz CT molecular complexity index is 347. The normalized spacial score (nSPS) is 42.6. The van der Waals surface area contributed by atoms with Crippen molar-refractivity contribution in [3.8, 4) is 0 Å². The highest BCUT2D eigenvalue weighted by molar-refractivity contribution is 6.62. The Hall–Kier alpha value is 0.0569. The van der Waals surface area contributed by atoms with Gasteiger partial charge in [-0.3, -0.25) is 0 Å². The highest BCUT2D eigenvalue weighted by atomic mass is 28.4. The Morgan fingerprint density at radius 2 is 1.60 bits per heavy atom.